The molecule has 0 saturated carbocycles. The molecule has 0 amide bonds. The van der Waals surface area contributed by atoms with E-state index in [1.807, 2.05) is 0 Å². The van der Waals surface area contributed by atoms with Crippen LogP contribution in [-0.2, 0) is 0 Å². The third kappa shape index (κ3) is 3.34. The van der Waals surface area contributed by atoms with E-state index in [1.165, 1.54) is 4.57 Å². The molecule has 3 aromatic rings. The van der Waals surface area contributed by atoms with Crippen LogP contribution in [0.25, 0.3) is 16.6 Å². The van der Waals surface area contributed by atoms with Crippen LogP contribution in [0, 0.1) is 17.2 Å². The van der Waals surface area contributed by atoms with E-state index in [0.717, 1.165) is 0 Å². The Morgan fingerprint density at radius 1 is 1.27 bits per heavy atom. The molecule has 0 saturated heterocycles. The van der Waals surface area contributed by atoms with Gasteiger partial charge in [-0.25, -0.2) is 4.98 Å². The zero-order valence-corrected chi connectivity index (χ0v) is 15.4. The van der Waals surface area contributed by atoms with Crippen LogP contribution in [-0.4, -0.2) is 9.55 Å². The summed E-state index contributed by atoms with van der Waals surface area (Å²) in [4.78, 5) is 17.9. The predicted octanol–water partition coefficient (Wildman–Crippen LogP) is 3.96. The highest BCUT2D eigenvalue weighted by Gasteiger charge is 2.20. The van der Waals surface area contributed by atoms with Crippen LogP contribution < -0.4 is 11.3 Å². The molecule has 3 rings (SSSR count). The van der Waals surface area contributed by atoms with Gasteiger partial charge in [0.1, 0.15) is 5.82 Å². The summed E-state index contributed by atoms with van der Waals surface area (Å²) in [7, 11) is 0. The van der Waals surface area contributed by atoms with Gasteiger partial charge in [0.2, 0.25) is 0 Å². The van der Waals surface area contributed by atoms with Crippen molar-refractivity contribution in [3.8, 4) is 11.8 Å². The lowest BCUT2D eigenvalue weighted by Gasteiger charge is -2.20. The van der Waals surface area contributed by atoms with Crippen molar-refractivity contribution in [2.24, 2.45) is 11.7 Å². The van der Waals surface area contributed by atoms with Gasteiger partial charge in [-0.3, -0.25) is 9.36 Å². The van der Waals surface area contributed by atoms with Gasteiger partial charge in [0.05, 0.1) is 39.3 Å². The van der Waals surface area contributed by atoms with Gasteiger partial charge in [0, 0.05) is 0 Å². The van der Waals surface area contributed by atoms with Crippen molar-refractivity contribution in [2.75, 3.05) is 0 Å². The summed E-state index contributed by atoms with van der Waals surface area (Å²) in [5, 5.41) is 9.88. The third-order valence-electron chi connectivity index (χ3n) is 4.16. The van der Waals surface area contributed by atoms with Crippen molar-refractivity contribution < 1.29 is 0 Å². The van der Waals surface area contributed by atoms with Crippen LogP contribution in [0.1, 0.15) is 37.7 Å². The van der Waals surface area contributed by atoms with Gasteiger partial charge >= 0.3 is 0 Å². The summed E-state index contributed by atoms with van der Waals surface area (Å²) >= 11 is 6.26. The number of nitrogens with two attached hydrogens (primary N) is 1. The lowest BCUT2D eigenvalue weighted by atomic mass is 10.0. The van der Waals surface area contributed by atoms with E-state index in [-0.39, 0.29) is 5.56 Å². The molecule has 1 atom stereocenters. The Bertz CT molecular complexity index is 1070. The van der Waals surface area contributed by atoms with E-state index in [1.54, 1.807) is 42.5 Å². The van der Waals surface area contributed by atoms with Gasteiger partial charge in [-0.2, -0.15) is 5.26 Å². The van der Waals surface area contributed by atoms with Crippen molar-refractivity contribution in [2.45, 2.75) is 26.3 Å². The zero-order chi connectivity index (χ0) is 18.8. The Kier molecular flexibility index (Phi) is 5.08. The van der Waals surface area contributed by atoms with E-state index >= 15 is 0 Å². The van der Waals surface area contributed by atoms with Gasteiger partial charge in [-0.1, -0.05) is 37.6 Å². The molecule has 2 aromatic carbocycles. The number of rotatable bonds is 4. The van der Waals surface area contributed by atoms with Crippen LogP contribution in [0.3, 0.4) is 0 Å². The number of hydrogen-bond donors (Lipinski definition) is 1. The summed E-state index contributed by atoms with van der Waals surface area (Å²) in [5.41, 5.74) is 7.62. The average molecular weight is 367 g/mol. The number of nitrogens with zero attached hydrogens (tertiary/aromatic N) is 3. The molecule has 0 aliphatic carbocycles. The minimum absolute atomic E-state index is 0.287. The number of halogens is 1. The molecule has 1 unspecified atom stereocenters. The van der Waals surface area contributed by atoms with Crippen LogP contribution in [0.4, 0.5) is 0 Å². The zero-order valence-electron chi connectivity index (χ0n) is 14.6. The quantitative estimate of drug-likeness (QED) is 0.757. The number of fused-ring (bicyclic) bond motifs is 1. The maximum atomic E-state index is 13.3. The normalized spacial score (nSPS) is 12.3. The first-order valence-electron chi connectivity index (χ1n) is 8.39. The smallest absolute Gasteiger partial charge is 0.267 e. The Morgan fingerprint density at radius 3 is 2.69 bits per heavy atom. The lowest BCUT2D eigenvalue weighted by molar-refractivity contribution is 0.485. The van der Waals surface area contributed by atoms with Crippen LogP contribution >= 0.6 is 11.6 Å². The fourth-order valence-corrected chi connectivity index (χ4v) is 3.28. The number of nitriles is 1. The first kappa shape index (κ1) is 18.1. The second-order valence-electron chi connectivity index (χ2n) is 6.64. The van der Waals surface area contributed by atoms with Crippen LogP contribution in [0.15, 0.2) is 47.3 Å². The van der Waals surface area contributed by atoms with Crippen LogP contribution in [0.5, 0.6) is 0 Å². The molecular formula is C20H19ClN4O. The first-order chi connectivity index (χ1) is 12.4. The predicted molar refractivity (Wildman–Crippen MR) is 103 cm³/mol. The second-order valence-corrected chi connectivity index (χ2v) is 7.05. The summed E-state index contributed by atoms with van der Waals surface area (Å²) in [6.45, 7) is 4.13. The largest absolute Gasteiger partial charge is 0.321 e. The minimum Gasteiger partial charge on any atom is -0.321 e. The third-order valence-corrected chi connectivity index (χ3v) is 4.48. The fraction of sp³-hybridized carbons (Fsp3) is 0.250. The summed E-state index contributed by atoms with van der Waals surface area (Å²) in [6.07, 6.45) is 0.677. The summed E-state index contributed by atoms with van der Waals surface area (Å²) in [5.74, 6) is 0.810. The Balaban J connectivity index is 2.37. The molecule has 132 valence electrons. The number of hydrogen-bond acceptors (Lipinski definition) is 4. The molecule has 0 radical (unpaired) electrons. The molecule has 0 bridgehead atoms. The van der Waals surface area contributed by atoms with Gasteiger partial charge in [-0.15, -0.1) is 0 Å². The van der Waals surface area contributed by atoms with Crippen molar-refractivity contribution in [1.82, 2.24) is 9.55 Å². The van der Waals surface area contributed by atoms with Crippen molar-refractivity contribution >= 4 is 22.5 Å². The highest BCUT2D eigenvalue weighted by Crippen LogP contribution is 2.24. The average Bonchev–Trinajstić information content (AvgIpc) is 2.60. The second kappa shape index (κ2) is 7.28. The molecule has 0 fully saturated rings. The fourth-order valence-electron chi connectivity index (χ4n) is 3.03. The van der Waals surface area contributed by atoms with E-state index in [0.29, 0.717) is 45.3 Å². The van der Waals surface area contributed by atoms with E-state index < -0.39 is 6.04 Å². The molecule has 0 aliphatic rings. The van der Waals surface area contributed by atoms with Crippen molar-refractivity contribution in [3.05, 3.63) is 69.2 Å². The molecule has 5 nitrogen and oxygen atoms in total. The highest BCUT2D eigenvalue weighted by molar-refractivity contribution is 6.35. The topological polar surface area (TPSA) is 84.7 Å². The Morgan fingerprint density at radius 2 is 2.00 bits per heavy atom. The lowest BCUT2D eigenvalue weighted by Crippen LogP contribution is -2.29. The Labute approximate surface area is 156 Å². The molecule has 2 N–H and O–H groups in total. The van der Waals surface area contributed by atoms with Crippen molar-refractivity contribution in [1.29, 1.82) is 5.26 Å². The highest BCUT2D eigenvalue weighted by atomic mass is 35.5. The molecule has 6 heteroatoms. The van der Waals surface area contributed by atoms with Crippen molar-refractivity contribution in [3.63, 3.8) is 0 Å². The molecule has 0 aliphatic heterocycles. The monoisotopic (exact) mass is 366 g/mol. The van der Waals surface area contributed by atoms with Gasteiger partial charge in [0.15, 0.2) is 0 Å². The molecule has 26 heavy (non-hydrogen) atoms. The van der Waals surface area contributed by atoms with Crippen LogP contribution in [0.2, 0.25) is 5.02 Å². The van der Waals surface area contributed by atoms with E-state index in [9.17, 15) is 10.1 Å². The maximum absolute atomic E-state index is 13.3. The summed E-state index contributed by atoms with van der Waals surface area (Å²) in [6, 6.07) is 13.7. The van der Waals surface area contributed by atoms with Gasteiger partial charge in [-0.05, 0) is 42.7 Å². The Hall–Kier alpha value is -2.68. The molecule has 1 aromatic heterocycles. The van der Waals surface area contributed by atoms with E-state index in [4.69, 9.17) is 17.3 Å². The van der Waals surface area contributed by atoms with Gasteiger partial charge < -0.3 is 5.73 Å². The minimum atomic E-state index is -0.420. The standard InChI is InChI=1S/C20H19ClN4O/c1-12(2)9-16(23)19-24-17-8-4-7-15(21)18(17)20(26)25(19)14-6-3-5-13(10-14)11-22/h3-8,10,12,16H,9,23H2,1-2H3. The SMILES string of the molecule is CC(C)CC(N)c1nc2cccc(Cl)c2c(=O)n1-c1cccc(C#N)c1. The molecule has 0 spiro atoms. The van der Waals surface area contributed by atoms with Gasteiger partial charge in [0.25, 0.3) is 5.56 Å². The number of aromatic nitrogens is 2. The number of benzene rings is 2. The van der Waals surface area contributed by atoms with E-state index in [2.05, 4.69) is 24.9 Å². The molecular weight excluding hydrogens is 348 g/mol. The molecule has 1 heterocycles. The summed E-state index contributed by atoms with van der Waals surface area (Å²) < 4.78 is 1.47. The maximum Gasteiger partial charge on any atom is 0.267 e. The first-order valence-corrected chi connectivity index (χ1v) is 8.77.